The molecule has 7 nitrogen and oxygen atoms in total. The van der Waals surface area contributed by atoms with Crippen molar-refractivity contribution in [3.63, 3.8) is 0 Å². The van der Waals surface area contributed by atoms with Crippen LogP contribution in [0.3, 0.4) is 0 Å². The molecule has 170 valence electrons. The molecule has 32 heavy (non-hydrogen) atoms. The van der Waals surface area contributed by atoms with E-state index in [1.54, 1.807) is 51.7 Å². The predicted octanol–water partition coefficient (Wildman–Crippen LogP) is 3.39. The van der Waals surface area contributed by atoms with Crippen LogP contribution in [0, 0.1) is 5.92 Å². The Bertz CT molecular complexity index is 965. The first-order valence-corrected chi connectivity index (χ1v) is 10.7. The van der Waals surface area contributed by atoms with Crippen LogP contribution in [0.5, 0.6) is 17.2 Å². The molecule has 0 unspecified atom stereocenters. The van der Waals surface area contributed by atoms with E-state index in [2.05, 4.69) is 5.32 Å². The van der Waals surface area contributed by atoms with Gasteiger partial charge in [-0.1, -0.05) is 18.2 Å². The van der Waals surface area contributed by atoms with E-state index >= 15 is 0 Å². The lowest BCUT2D eigenvalue weighted by atomic mass is 9.96. The van der Waals surface area contributed by atoms with Crippen molar-refractivity contribution in [3.8, 4) is 17.2 Å². The minimum atomic E-state index is -0.149. The van der Waals surface area contributed by atoms with Crippen molar-refractivity contribution < 1.29 is 23.8 Å². The van der Waals surface area contributed by atoms with E-state index in [1.807, 2.05) is 29.2 Å². The molecular weight excluding hydrogens is 408 g/mol. The molecule has 2 aromatic rings. The maximum absolute atomic E-state index is 12.5. The third-order valence-corrected chi connectivity index (χ3v) is 5.67. The lowest BCUT2D eigenvalue weighted by Gasteiger charge is -2.31. The van der Waals surface area contributed by atoms with Crippen LogP contribution >= 0.6 is 0 Å². The summed E-state index contributed by atoms with van der Waals surface area (Å²) in [6.45, 7) is 1.92. The molecule has 0 aliphatic carbocycles. The Kier molecular flexibility index (Phi) is 8.14. The fourth-order valence-corrected chi connectivity index (χ4v) is 3.74. The maximum atomic E-state index is 12.5. The molecule has 2 amide bonds. The van der Waals surface area contributed by atoms with Gasteiger partial charge in [-0.2, -0.15) is 0 Å². The summed E-state index contributed by atoms with van der Waals surface area (Å²) in [7, 11) is 4.71. The molecule has 0 radical (unpaired) electrons. The number of methoxy groups -OCH3 is 3. The van der Waals surface area contributed by atoms with Crippen LogP contribution in [0.1, 0.15) is 28.8 Å². The first-order valence-electron chi connectivity index (χ1n) is 10.7. The van der Waals surface area contributed by atoms with Crippen molar-refractivity contribution in [2.45, 2.75) is 12.8 Å². The van der Waals surface area contributed by atoms with E-state index < -0.39 is 0 Å². The van der Waals surface area contributed by atoms with Crippen molar-refractivity contribution in [1.82, 2.24) is 10.2 Å². The average Bonchev–Trinajstić information content (AvgIpc) is 2.85. The average molecular weight is 439 g/mol. The van der Waals surface area contributed by atoms with Gasteiger partial charge in [0.05, 0.1) is 21.3 Å². The Morgan fingerprint density at radius 3 is 2.34 bits per heavy atom. The number of para-hydroxylation sites is 1. The second-order valence-electron chi connectivity index (χ2n) is 7.62. The number of carbonyl (C=O) groups excluding carboxylic acids is 2. The summed E-state index contributed by atoms with van der Waals surface area (Å²) in [6, 6.07) is 12.7. The molecule has 0 spiro atoms. The number of nitrogens with zero attached hydrogens (tertiary/aromatic N) is 1. The van der Waals surface area contributed by atoms with Crippen molar-refractivity contribution in [3.05, 3.63) is 59.7 Å². The third kappa shape index (κ3) is 5.81. The number of likely N-dealkylation sites (tertiary alicyclic amines) is 1. The largest absolute Gasteiger partial charge is 0.496 e. The van der Waals surface area contributed by atoms with Gasteiger partial charge >= 0.3 is 0 Å². The monoisotopic (exact) mass is 438 g/mol. The molecule has 3 rings (SSSR count). The molecule has 0 aromatic heterocycles. The standard InChI is InChI=1S/C25H30N2O5/c1-30-21-7-5-4-6-19(21)9-11-24(28)27-14-12-18(13-15-27)17-26-25(29)20-8-10-22(31-2)23(16-20)32-3/h4-11,16,18H,12-15,17H2,1-3H3,(H,26,29)/b11-9+. The SMILES string of the molecule is COc1ccccc1/C=C/C(=O)N1CCC(CNC(=O)c2ccc(OC)c(OC)c2)CC1. The van der Waals surface area contributed by atoms with Crippen LogP contribution < -0.4 is 19.5 Å². The highest BCUT2D eigenvalue weighted by Gasteiger charge is 2.22. The molecule has 7 heteroatoms. The van der Waals surface area contributed by atoms with E-state index in [1.165, 1.54) is 0 Å². The normalized spacial score (nSPS) is 14.3. The van der Waals surface area contributed by atoms with E-state index in [-0.39, 0.29) is 11.8 Å². The molecule has 1 aliphatic heterocycles. The number of carbonyl (C=O) groups is 2. The molecule has 1 aliphatic rings. The van der Waals surface area contributed by atoms with Crippen LogP contribution in [0.4, 0.5) is 0 Å². The first kappa shape index (κ1) is 23.2. The highest BCUT2D eigenvalue weighted by atomic mass is 16.5. The topological polar surface area (TPSA) is 77.1 Å². The number of amides is 2. The summed E-state index contributed by atoms with van der Waals surface area (Å²) in [5.41, 5.74) is 1.40. The van der Waals surface area contributed by atoms with Crippen LogP contribution in [0.2, 0.25) is 0 Å². The number of hydrogen-bond donors (Lipinski definition) is 1. The zero-order valence-electron chi connectivity index (χ0n) is 18.8. The summed E-state index contributed by atoms with van der Waals surface area (Å²) >= 11 is 0. The zero-order chi connectivity index (χ0) is 22.9. The molecule has 0 atom stereocenters. The number of piperidine rings is 1. The fourth-order valence-electron chi connectivity index (χ4n) is 3.74. The smallest absolute Gasteiger partial charge is 0.251 e. The quantitative estimate of drug-likeness (QED) is 0.640. The van der Waals surface area contributed by atoms with Crippen molar-refractivity contribution in [2.75, 3.05) is 41.0 Å². The highest BCUT2D eigenvalue weighted by molar-refractivity contribution is 5.95. The summed E-state index contributed by atoms with van der Waals surface area (Å²) in [5.74, 6) is 2.02. The van der Waals surface area contributed by atoms with Gasteiger partial charge < -0.3 is 24.4 Å². The lowest BCUT2D eigenvalue weighted by molar-refractivity contribution is -0.127. The minimum absolute atomic E-state index is 0.0104. The molecule has 1 fully saturated rings. The van der Waals surface area contributed by atoms with Crippen LogP contribution in [-0.4, -0.2) is 57.7 Å². The first-order chi connectivity index (χ1) is 15.5. The van der Waals surface area contributed by atoms with Gasteiger partial charge in [-0.15, -0.1) is 0 Å². The Balaban J connectivity index is 1.47. The molecule has 1 saturated heterocycles. The Morgan fingerprint density at radius 2 is 1.66 bits per heavy atom. The van der Waals surface area contributed by atoms with E-state index in [9.17, 15) is 9.59 Å². The van der Waals surface area contributed by atoms with Gasteiger partial charge in [0, 0.05) is 36.8 Å². The Hall–Kier alpha value is -3.48. The molecule has 1 N–H and O–H groups in total. The molecule has 0 saturated carbocycles. The zero-order valence-corrected chi connectivity index (χ0v) is 18.8. The number of hydrogen-bond acceptors (Lipinski definition) is 5. The van der Waals surface area contributed by atoms with Gasteiger partial charge in [0.1, 0.15) is 5.75 Å². The number of nitrogens with one attached hydrogen (secondary N) is 1. The number of ether oxygens (including phenoxy) is 3. The fraction of sp³-hybridized carbons (Fsp3) is 0.360. The highest BCUT2D eigenvalue weighted by Crippen LogP contribution is 2.27. The number of benzene rings is 2. The van der Waals surface area contributed by atoms with Crippen LogP contribution in [0.25, 0.3) is 6.08 Å². The summed E-state index contributed by atoms with van der Waals surface area (Å²) < 4.78 is 15.8. The number of rotatable bonds is 8. The van der Waals surface area contributed by atoms with Crippen LogP contribution in [-0.2, 0) is 4.79 Å². The van der Waals surface area contributed by atoms with Gasteiger partial charge in [-0.25, -0.2) is 0 Å². The van der Waals surface area contributed by atoms with Crippen LogP contribution in [0.15, 0.2) is 48.5 Å². The molecule has 2 aromatic carbocycles. The maximum Gasteiger partial charge on any atom is 0.251 e. The summed E-state index contributed by atoms with van der Waals surface area (Å²) in [4.78, 5) is 26.9. The van der Waals surface area contributed by atoms with Crippen molar-refractivity contribution >= 4 is 17.9 Å². The molecule has 1 heterocycles. The van der Waals surface area contributed by atoms with Crippen molar-refractivity contribution in [1.29, 1.82) is 0 Å². The lowest BCUT2D eigenvalue weighted by Crippen LogP contribution is -2.41. The summed E-state index contributed by atoms with van der Waals surface area (Å²) in [6.07, 6.45) is 5.08. The minimum Gasteiger partial charge on any atom is -0.496 e. The van der Waals surface area contributed by atoms with Gasteiger partial charge in [0.25, 0.3) is 5.91 Å². The van der Waals surface area contributed by atoms with Crippen molar-refractivity contribution in [2.24, 2.45) is 5.92 Å². The predicted molar refractivity (Wildman–Crippen MR) is 123 cm³/mol. The Labute approximate surface area is 189 Å². The molecular formula is C25H30N2O5. The molecule has 0 bridgehead atoms. The van der Waals surface area contributed by atoms with Gasteiger partial charge in [-0.3, -0.25) is 9.59 Å². The third-order valence-electron chi connectivity index (χ3n) is 5.67. The van der Waals surface area contributed by atoms with E-state index in [0.29, 0.717) is 42.6 Å². The van der Waals surface area contributed by atoms with Gasteiger partial charge in [-0.05, 0) is 49.1 Å². The second-order valence-corrected chi connectivity index (χ2v) is 7.62. The second kappa shape index (κ2) is 11.2. The van der Waals surface area contributed by atoms with E-state index in [0.717, 1.165) is 24.2 Å². The summed E-state index contributed by atoms with van der Waals surface area (Å²) in [5, 5.41) is 2.99. The van der Waals surface area contributed by atoms with E-state index in [4.69, 9.17) is 14.2 Å². The Morgan fingerprint density at radius 1 is 0.969 bits per heavy atom. The van der Waals surface area contributed by atoms with Gasteiger partial charge in [0.15, 0.2) is 11.5 Å². The van der Waals surface area contributed by atoms with Gasteiger partial charge in [0.2, 0.25) is 5.91 Å².